The van der Waals surface area contributed by atoms with Crippen molar-refractivity contribution in [2.24, 2.45) is 0 Å². The summed E-state index contributed by atoms with van der Waals surface area (Å²) >= 11 is 1.33. The summed E-state index contributed by atoms with van der Waals surface area (Å²) in [5, 5.41) is 3.51. The molecular weight excluding hydrogens is 412 g/mol. The van der Waals surface area contributed by atoms with E-state index in [4.69, 9.17) is 4.74 Å². The maximum absolute atomic E-state index is 12.4. The first-order valence-corrected chi connectivity index (χ1v) is 10.1. The van der Waals surface area contributed by atoms with Gasteiger partial charge in [-0.1, -0.05) is 30.0 Å². The van der Waals surface area contributed by atoms with Crippen LogP contribution in [0.4, 0.5) is 8.78 Å². The van der Waals surface area contributed by atoms with E-state index in [-0.39, 0.29) is 29.7 Å². The van der Waals surface area contributed by atoms with Crippen LogP contribution in [0.2, 0.25) is 0 Å². The molecule has 0 saturated heterocycles. The summed E-state index contributed by atoms with van der Waals surface area (Å²) < 4.78 is 36.2. The molecule has 0 atom stereocenters. The SMILES string of the molecule is COc1cc(CNC(=O)CSc2nccn2-c2cccc(C)c2)ccc1OC(F)F. The average molecular weight is 433 g/mol. The van der Waals surface area contributed by atoms with E-state index in [1.165, 1.54) is 24.9 Å². The molecule has 6 nitrogen and oxygen atoms in total. The molecule has 0 radical (unpaired) electrons. The number of hydrogen-bond acceptors (Lipinski definition) is 5. The zero-order chi connectivity index (χ0) is 21.5. The van der Waals surface area contributed by atoms with E-state index in [1.807, 2.05) is 42.0 Å². The number of carbonyl (C=O) groups excluding carboxylic acids is 1. The quantitative estimate of drug-likeness (QED) is 0.513. The summed E-state index contributed by atoms with van der Waals surface area (Å²) in [6, 6.07) is 12.5. The van der Waals surface area contributed by atoms with Crippen molar-refractivity contribution in [3.8, 4) is 17.2 Å². The minimum atomic E-state index is -2.94. The number of ether oxygens (including phenoxy) is 2. The minimum Gasteiger partial charge on any atom is -0.493 e. The van der Waals surface area contributed by atoms with E-state index >= 15 is 0 Å². The summed E-state index contributed by atoms with van der Waals surface area (Å²) in [6.07, 6.45) is 3.54. The van der Waals surface area contributed by atoms with Crippen LogP contribution in [0.5, 0.6) is 11.5 Å². The Morgan fingerprint density at radius 3 is 2.80 bits per heavy atom. The summed E-state index contributed by atoms with van der Waals surface area (Å²) in [7, 11) is 1.36. The van der Waals surface area contributed by atoms with Crippen LogP contribution in [0, 0.1) is 6.92 Å². The van der Waals surface area contributed by atoms with Gasteiger partial charge in [0.2, 0.25) is 5.91 Å². The van der Waals surface area contributed by atoms with Crippen molar-refractivity contribution in [2.75, 3.05) is 12.9 Å². The molecule has 0 aliphatic heterocycles. The highest BCUT2D eigenvalue weighted by molar-refractivity contribution is 7.99. The number of thioether (sulfide) groups is 1. The maximum Gasteiger partial charge on any atom is 0.387 e. The van der Waals surface area contributed by atoms with Gasteiger partial charge in [-0.2, -0.15) is 8.78 Å². The van der Waals surface area contributed by atoms with Crippen molar-refractivity contribution < 1.29 is 23.0 Å². The Labute approximate surface area is 177 Å². The number of aryl methyl sites for hydroxylation is 1. The Morgan fingerprint density at radius 1 is 1.23 bits per heavy atom. The van der Waals surface area contributed by atoms with E-state index in [1.54, 1.807) is 18.3 Å². The Bertz CT molecular complexity index is 1010. The maximum atomic E-state index is 12.4. The monoisotopic (exact) mass is 433 g/mol. The molecule has 1 N–H and O–H groups in total. The van der Waals surface area contributed by atoms with Gasteiger partial charge in [-0.25, -0.2) is 4.98 Å². The highest BCUT2D eigenvalue weighted by atomic mass is 32.2. The Morgan fingerprint density at radius 2 is 2.07 bits per heavy atom. The molecule has 0 unspecified atom stereocenters. The molecule has 1 amide bonds. The van der Waals surface area contributed by atoms with Crippen LogP contribution in [0.1, 0.15) is 11.1 Å². The molecule has 9 heteroatoms. The van der Waals surface area contributed by atoms with Crippen LogP contribution in [0.25, 0.3) is 5.69 Å². The fourth-order valence-electron chi connectivity index (χ4n) is 2.77. The number of imidazole rings is 1. The lowest BCUT2D eigenvalue weighted by Crippen LogP contribution is -2.24. The van der Waals surface area contributed by atoms with Gasteiger partial charge in [0.15, 0.2) is 16.7 Å². The number of carbonyl (C=O) groups is 1. The second-order valence-corrected chi connectivity index (χ2v) is 7.29. The van der Waals surface area contributed by atoms with Gasteiger partial charge in [-0.15, -0.1) is 0 Å². The largest absolute Gasteiger partial charge is 0.493 e. The molecule has 1 aromatic heterocycles. The number of benzene rings is 2. The van der Waals surface area contributed by atoms with Gasteiger partial charge in [-0.05, 0) is 42.3 Å². The lowest BCUT2D eigenvalue weighted by atomic mass is 10.2. The van der Waals surface area contributed by atoms with Crippen molar-refractivity contribution in [3.05, 3.63) is 66.0 Å². The molecule has 0 aliphatic carbocycles. The van der Waals surface area contributed by atoms with Gasteiger partial charge in [-0.3, -0.25) is 9.36 Å². The molecule has 0 fully saturated rings. The van der Waals surface area contributed by atoms with Crippen LogP contribution in [-0.4, -0.2) is 34.9 Å². The Kier molecular flexibility index (Phi) is 7.29. The smallest absolute Gasteiger partial charge is 0.387 e. The first-order chi connectivity index (χ1) is 14.5. The molecule has 0 aliphatic rings. The predicted octanol–water partition coefficient (Wildman–Crippen LogP) is 4.20. The molecule has 0 saturated carbocycles. The van der Waals surface area contributed by atoms with E-state index in [2.05, 4.69) is 15.0 Å². The summed E-state index contributed by atoms with van der Waals surface area (Å²) in [5.41, 5.74) is 2.82. The highest BCUT2D eigenvalue weighted by Gasteiger charge is 2.12. The fourth-order valence-corrected chi connectivity index (χ4v) is 3.57. The molecule has 3 aromatic rings. The van der Waals surface area contributed by atoms with Crippen LogP contribution >= 0.6 is 11.8 Å². The van der Waals surface area contributed by atoms with Gasteiger partial charge >= 0.3 is 6.61 Å². The Balaban J connectivity index is 1.56. The molecule has 1 heterocycles. The Hall–Kier alpha value is -3.07. The minimum absolute atomic E-state index is 0.0545. The van der Waals surface area contributed by atoms with Gasteiger partial charge in [0, 0.05) is 24.6 Å². The standard InChI is InChI=1S/C21H21F2N3O3S/c1-14-4-3-5-16(10-14)26-9-8-24-21(26)30-13-19(27)25-12-15-6-7-17(29-20(22)23)18(11-15)28-2/h3-11,20H,12-13H2,1-2H3,(H,25,27). The molecule has 0 spiro atoms. The van der Waals surface area contributed by atoms with Crippen LogP contribution in [0.3, 0.4) is 0 Å². The van der Waals surface area contributed by atoms with E-state index < -0.39 is 6.61 Å². The summed E-state index contributed by atoms with van der Waals surface area (Å²) in [6.45, 7) is -0.687. The topological polar surface area (TPSA) is 65.4 Å². The van der Waals surface area contributed by atoms with Gasteiger partial charge in [0.1, 0.15) is 0 Å². The third-order valence-electron chi connectivity index (χ3n) is 4.15. The number of nitrogens with zero attached hydrogens (tertiary/aromatic N) is 2. The number of nitrogens with one attached hydrogen (secondary N) is 1. The number of amides is 1. The second kappa shape index (κ2) is 10.1. The molecule has 30 heavy (non-hydrogen) atoms. The number of alkyl halides is 2. The van der Waals surface area contributed by atoms with Crippen molar-refractivity contribution in [1.82, 2.24) is 14.9 Å². The lowest BCUT2D eigenvalue weighted by Gasteiger charge is -2.12. The third kappa shape index (κ3) is 5.73. The average Bonchev–Trinajstić information content (AvgIpc) is 3.19. The zero-order valence-corrected chi connectivity index (χ0v) is 17.3. The van der Waals surface area contributed by atoms with E-state index in [9.17, 15) is 13.6 Å². The van der Waals surface area contributed by atoms with Crippen molar-refractivity contribution >= 4 is 17.7 Å². The van der Waals surface area contributed by atoms with Crippen molar-refractivity contribution in [1.29, 1.82) is 0 Å². The number of methoxy groups -OCH3 is 1. The molecule has 0 bridgehead atoms. The van der Waals surface area contributed by atoms with E-state index in [0.717, 1.165) is 11.3 Å². The van der Waals surface area contributed by atoms with Crippen LogP contribution in [0.15, 0.2) is 60.0 Å². The van der Waals surface area contributed by atoms with Crippen molar-refractivity contribution in [2.45, 2.75) is 25.2 Å². The molecule has 2 aromatic carbocycles. The normalized spacial score (nSPS) is 10.8. The summed E-state index contributed by atoms with van der Waals surface area (Å²) in [5.74, 6) is 0.135. The van der Waals surface area contributed by atoms with Crippen LogP contribution < -0.4 is 14.8 Å². The number of hydrogen-bond donors (Lipinski definition) is 1. The third-order valence-corrected chi connectivity index (χ3v) is 5.12. The lowest BCUT2D eigenvalue weighted by molar-refractivity contribution is -0.118. The van der Waals surface area contributed by atoms with Gasteiger partial charge in [0.25, 0.3) is 0 Å². The van der Waals surface area contributed by atoms with E-state index in [0.29, 0.717) is 10.7 Å². The molecular formula is C21H21F2N3O3S. The molecule has 158 valence electrons. The van der Waals surface area contributed by atoms with Crippen LogP contribution in [-0.2, 0) is 11.3 Å². The fraction of sp³-hybridized carbons (Fsp3) is 0.238. The van der Waals surface area contributed by atoms with Gasteiger partial charge in [0.05, 0.1) is 12.9 Å². The van der Waals surface area contributed by atoms with Gasteiger partial charge < -0.3 is 14.8 Å². The van der Waals surface area contributed by atoms with Crippen molar-refractivity contribution in [3.63, 3.8) is 0 Å². The number of aromatic nitrogens is 2. The second-order valence-electron chi connectivity index (χ2n) is 6.35. The number of halogens is 2. The first kappa shape index (κ1) is 21.6. The predicted molar refractivity (Wildman–Crippen MR) is 110 cm³/mol. The highest BCUT2D eigenvalue weighted by Crippen LogP contribution is 2.29. The first-order valence-electron chi connectivity index (χ1n) is 9.08. The number of rotatable bonds is 9. The molecule has 3 rings (SSSR count). The summed E-state index contributed by atoms with van der Waals surface area (Å²) in [4.78, 5) is 16.6. The zero-order valence-electron chi connectivity index (χ0n) is 16.5.